The summed E-state index contributed by atoms with van der Waals surface area (Å²) in [7, 11) is 3.81. The lowest BCUT2D eigenvalue weighted by Gasteiger charge is -2.36. The van der Waals surface area contributed by atoms with E-state index < -0.39 is 0 Å². The average molecular weight is 413 g/mol. The maximum absolute atomic E-state index is 13.4. The number of fused-ring (bicyclic) bond motifs is 1. The molecule has 0 spiro atoms. The number of ether oxygens (including phenoxy) is 1. The average Bonchev–Trinajstić information content (AvgIpc) is 3.37. The molecule has 2 fully saturated rings. The summed E-state index contributed by atoms with van der Waals surface area (Å²) in [5.41, 5.74) is 2.16. The zero-order valence-electron chi connectivity index (χ0n) is 17.1. The highest BCUT2D eigenvalue weighted by Gasteiger charge is 2.42. The number of carbonyl (C=O) groups is 1. The van der Waals surface area contributed by atoms with Crippen molar-refractivity contribution in [1.29, 1.82) is 0 Å². The number of carbonyl (C=O) groups excluding carboxylic acids is 1. The van der Waals surface area contributed by atoms with Gasteiger partial charge < -0.3 is 19.4 Å². The van der Waals surface area contributed by atoms with Gasteiger partial charge in [0, 0.05) is 44.7 Å². The van der Waals surface area contributed by atoms with Crippen molar-refractivity contribution in [2.45, 2.75) is 25.3 Å². The largest absolute Gasteiger partial charge is 0.497 e. The van der Waals surface area contributed by atoms with Crippen LogP contribution in [0.3, 0.4) is 0 Å². The Balaban J connectivity index is 1.40. The van der Waals surface area contributed by atoms with Crippen LogP contribution >= 0.6 is 11.3 Å². The van der Waals surface area contributed by atoms with E-state index in [9.17, 15) is 4.79 Å². The quantitative estimate of drug-likeness (QED) is 0.756. The van der Waals surface area contributed by atoms with E-state index in [1.54, 1.807) is 18.4 Å². The molecule has 0 radical (unpaired) electrons. The van der Waals surface area contributed by atoms with Gasteiger partial charge in [0.05, 0.1) is 12.8 Å². The lowest BCUT2D eigenvalue weighted by atomic mass is 10.1. The Labute approximate surface area is 176 Å². The van der Waals surface area contributed by atoms with E-state index in [-0.39, 0.29) is 11.9 Å². The molecular formula is C22H28N4O2S. The number of amides is 1. The fourth-order valence-corrected chi connectivity index (χ4v) is 5.41. The predicted molar refractivity (Wildman–Crippen MR) is 116 cm³/mol. The number of rotatable bonds is 5. The third-order valence-electron chi connectivity index (χ3n) is 6.27. The number of nitrogens with zero attached hydrogens (tertiary/aromatic N) is 4. The van der Waals surface area contributed by atoms with Crippen LogP contribution in [0.25, 0.3) is 10.6 Å². The van der Waals surface area contributed by atoms with E-state index in [0.29, 0.717) is 0 Å². The van der Waals surface area contributed by atoms with Crippen molar-refractivity contribution in [2.75, 3.05) is 51.8 Å². The van der Waals surface area contributed by atoms with Crippen molar-refractivity contribution in [3.05, 3.63) is 30.0 Å². The second-order valence-corrected chi connectivity index (χ2v) is 9.42. The molecule has 3 heterocycles. The van der Waals surface area contributed by atoms with Crippen LogP contribution in [0, 0.1) is 5.92 Å². The van der Waals surface area contributed by atoms with Crippen LogP contribution in [-0.2, 0) is 11.2 Å². The van der Waals surface area contributed by atoms with E-state index in [2.05, 4.69) is 27.8 Å². The molecule has 1 amide bonds. The Morgan fingerprint density at radius 3 is 2.76 bits per heavy atom. The third-order valence-corrected chi connectivity index (χ3v) is 7.45. The van der Waals surface area contributed by atoms with Crippen molar-refractivity contribution < 1.29 is 9.53 Å². The first-order valence-corrected chi connectivity index (χ1v) is 11.3. The van der Waals surface area contributed by atoms with Gasteiger partial charge in [-0.3, -0.25) is 4.79 Å². The van der Waals surface area contributed by atoms with Gasteiger partial charge in [0.25, 0.3) is 0 Å². The molecule has 3 aliphatic rings. The topological polar surface area (TPSA) is 48.9 Å². The summed E-state index contributed by atoms with van der Waals surface area (Å²) in [6.07, 6.45) is 3.29. The highest BCUT2D eigenvalue weighted by atomic mass is 32.1. The Morgan fingerprint density at radius 1 is 1.24 bits per heavy atom. The molecule has 0 unspecified atom stereocenters. The van der Waals surface area contributed by atoms with E-state index in [1.165, 1.54) is 17.8 Å². The molecular weight excluding hydrogens is 384 g/mol. The minimum atomic E-state index is -0.0767. The molecule has 1 aromatic carbocycles. The summed E-state index contributed by atoms with van der Waals surface area (Å²) < 4.78 is 5.37. The number of likely N-dealkylation sites (N-methyl/N-ethyl adjacent to an activating group) is 1. The van der Waals surface area contributed by atoms with Crippen LogP contribution in [0.2, 0.25) is 0 Å². The summed E-state index contributed by atoms with van der Waals surface area (Å²) in [5, 5.41) is 2.21. The second-order valence-electron chi connectivity index (χ2n) is 8.45. The number of aromatic nitrogens is 1. The Kier molecular flexibility index (Phi) is 4.95. The minimum absolute atomic E-state index is 0.0767. The summed E-state index contributed by atoms with van der Waals surface area (Å²) in [6, 6.07) is 7.99. The van der Waals surface area contributed by atoms with Gasteiger partial charge in [-0.2, -0.15) is 0 Å². The van der Waals surface area contributed by atoms with Gasteiger partial charge in [-0.25, -0.2) is 4.98 Å². The van der Waals surface area contributed by atoms with E-state index in [1.807, 2.05) is 18.2 Å². The first kappa shape index (κ1) is 18.9. The monoisotopic (exact) mass is 412 g/mol. The second kappa shape index (κ2) is 7.61. The number of methoxy groups -OCH3 is 1. The molecule has 29 heavy (non-hydrogen) atoms. The number of hydrogen-bond acceptors (Lipinski definition) is 6. The number of piperazine rings is 1. The molecule has 154 valence electrons. The molecule has 1 atom stereocenters. The number of hydrogen-bond donors (Lipinski definition) is 0. The van der Waals surface area contributed by atoms with Gasteiger partial charge in [0.1, 0.15) is 21.8 Å². The van der Waals surface area contributed by atoms with Crippen molar-refractivity contribution in [1.82, 2.24) is 14.8 Å². The van der Waals surface area contributed by atoms with Gasteiger partial charge in [-0.1, -0.05) is 23.5 Å². The van der Waals surface area contributed by atoms with Crippen LogP contribution < -0.4 is 9.64 Å². The Hall–Kier alpha value is -2.12. The first-order chi connectivity index (χ1) is 14.1. The summed E-state index contributed by atoms with van der Waals surface area (Å²) in [4.78, 5) is 25.0. The molecule has 2 aliphatic heterocycles. The molecule has 1 aliphatic carbocycles. The molecule has 2 aromatic rings. The summed E-state index contributed by atoms with van der Waals surface area (Å²) >= 11 is 1.72. The first-order valence-electron chi connectivity index (χ1n) is 10.5. The maximum Gasteiger partial charge on any atom is 0.245 e. The summed E-state index contributed by atoms with van der Waals surface area (Å²) in [5.74, 6) is 1.86. The van der Waals surface area contributed by atoms with Crippen LogP contribution in [0.4, 0.5) is 5.00 Å². The third kappa shape index (κ3) is 3.73. The molecule has 1 saturated heterocycles. The lowest BCUT2D eigenvalue weighted by Crippen LogP contribution is -2.54. The van der Waals surface area contributed by atoms with E-state index in [0.717, 1.165) is 67.1 Å². The normalized spacial score (nSPS) is 22.1. The summed E-state index contributed by atoms with van der Waals surface area (Å²) in [6.45, 7) is 4.57. The lowest BCUT2D eigenvalue weighted by molar-refractivity contribution is -0.134. The highest BCUT2D eigenvalue weighted by Crippen LogP contribution is 2.44. The Bertz CT molecular complexity index is 902. The zero-order valence-corrected chi connectivity index (χ0v) is 18.0. The van der Waals surface area contributed by atoms with Gasteiger partial charge in [-0.15, -0.1) is 0 Å². The smallest absolute Gasteiger partial charge is 0.245 e. The molecule has 7 heteroatoms. The Morgan fingerprint density at radius 2 is 2.03 bits per heavy atom. The SMILES string of the molecule is COc1cccc(-c2nc3c(s2)N(CC2CC2)[C@@H](C(=O)N2CCN(C)CC2)C3)c1. The van der Waals surface area contributed by atoms with Crippen LogP contribution in [0.5, 0.6) is 5.75 Å². The highest BCUT2D eigenvalue weighted by molar-refractivity contribution is 7.19. The van der Waals surface area contributed by atoms with E-state index in [4.69, 9.17) is 9.72 Å². The number of benzene rings is 1. The molecule has 6 nitrogen and oxygen atoms in total. The fourth-order valence-electron chi connectivity index (χ4n) is 4.26. The standard InChI is InChI=1S/C22H28N4O2S/c1-24-8-10-25(11-9-24)21(27)19-13-18-22(26(19)14-15-6-7-15)29-20(23-18)16-4-3-5-17(12-16)28-2/h3-5,12,15,19H,6-11,13-14H2,1-2H3/t19-/m1/s1. The van der Waals surface area contributed by atoms with Crippen molar-refractivity contribution in [3.63, 3.8) is 0 Å². The minimum Gasteiger partial charge on any atom is -0.497 e. The maximum atomic E-state index is 13.4. The number of anilines is 1. The van der Waals surface area contributed by atoms with Gasteiger partial charge in [0.15, 0.2) is 0 Å². The van der Waals surface area contributed by atoms with Crippen molar-refractivity contribution in [2.24, 2.45) is 5.92 Å². The molecule has 0 bridgehead atoms. The van der Waals surface area contributed by atoms with E-state index >= 15 is 0 Å². The number of thiazole rings is 1. The predicted octanol–water partition coefficient (Wildman–Crippen LogP) is 2.73. The fraction of sp³-hybridized carbons (Fsp3) is 0.545. The van der Waals surface area contributed by atoms with Gasteiger partial charge in [-0.05, 0) is 37.9 Å². The molecule has 1 aromatic heterocycles. The zero-order chi connectivity index (χ0) is 20.0. The van der Waals surface area contributed by atoms with Gasteiger partial charge >= 0.3 is 0 Å². The van der Waals surface area contributed by atoms with Crippen LogP contribution in [0.1, 0.15) is 18.5 Å². The molecule has 5 rings (SSSR count). The van der Waals surface area contributed by atoms with Crippen LogP contribution in [0.15, 0.2) is 24.3 Å². The van der Waals surface area contributed by atoms with Gasteiger partial charge in [0.2, 0.25) is 5.91 Å². The van der Waals surface area contributed by atoms with Crippen LogP contribution in [-0.4, -0.2) is 73.6 Å². The van der Waals surface area contributed by atoms with Crippen molar-refractivity contribution in [3.8, 4) is 16.3 Å². The molecule has 1 saturated carbocycles. The molecule has 0 N–H and O–H groups in total. The van der Waals surface area contributed by atoms with Crippen molar-refractivity contribution >= 4 is 22.2 Å².